The maximum Gasteiger partial charge on any atom is 0.335 e. The molecule has 0 amide bonds. The Morgan fingerprint density at radius 2 is 2.11 bits per heavy atom. The number of rotatable bonds is 6. The summed E-state index contributed by atoms with van der Waals surface area (Å²) in [7, 11) is 0. The highest BCUT2D eigenvalue weighted by atomic mass is 19.3. The molecule has 106 valence electrons. The monoisotopic (exact) mass is 274 g/mol. The minimum atomic E-state index is -3.28. The molecule has 1 rings (SSSR count). The fraction of sp³-hybridized carbons (Fsp3) is 0.500. The third-order valence-electron chi connectivity index (χ3n) is 2.44. The van der Waals surface area contributed by atoms with Gasteiger partial charge in [-0.15, -0.1) is 0 Å². The summed E-state index contributed by atoms with van der Waals surface area (Å²) in [5, 5.41) is 19.7. The summed E-state index contributed by atoms with van der Waals surface area (Å²) in [6, 6.07) is 2.59. The van der Waals surface area contributed by atoms with E-state index in [1.165, 1.54) is 12.1 Å². The Hall–Kier alpha value is -1.76. The number of nitrogens with zero attached hydrogens (tertiary/aromatic N) is 1. The molecule has 0 aromatic carbocycles. The second-order valence-electron chi connectivity index (χ2n) is 4.49. The van der Waals surface area contributed by atoms with Crippen LogP contribution in [0.25, 0.3) is 0 Å². The first-order valence-electron chi connectivity index (χ1n) is 5.73. The number of pyridine rings is 1. The van der Waals surface area contributed by atoms with Crippen molar-refractivity contribution in [3.05, 3.63) is 23.4 Å². The number of carboxylic acid groups (broad SMARTS) is 1. The summed E-state index contributed by atoms with van der Waals surface area (Å²) in [6.45, 7) is 1.55. The molecule has 3 N–H and O–H groups in total. The van der Waals surface area contributed by atoms with Crippen molar-refractivity contribution in [1.29, 1.82) is 0 Å². The Balaban J connectivity index is 2.97. The molecule has 0 radical (unpaired) electrons. The van der Waals surface area contributed by atoms with Crippen molar-refractivity contribution < 1.29 is 23.8 Å². The average Bonchev–Trinajstić information content (AvgIpc) is 2.36. The molecule has 0 aliphatic rings. The molecular weight excluding hydrogens is 258 g/mol. The van der Waals surface area contributed by atoms with E-state index in [4.69, 9.17) is 10.2 Å². The Bertz CT molecular complexity index is 464. The van der Waals surface area contributed by atoms with E-state index in [0.29, 0.717) is 5.69 Å². The Labute approximate surface area is 109 Å². The zero-order valence-corrected chi connectivity index (χ0v) is 10.7. The van der Waals surface area contributed by atoms with Gasteiger partial charge in [0.15, 0.2) is 0 Å². The van der Waals surface area contributed by atoms with E-state index in [2.05, 4.69) is 10.3 Å². The molecule has 0 aliphatic carbocycles. The highest BCUT2D eigenvalue weighted by Crippen LogP contribution is 2.19. The highest BCUT2D eigenvalue weighted by molar-refractivity contribution is 5.88. The highest BCUT2D eigenvalue weighted by Gasteiger charge is 2.27. The number of halogens is 2. The van der Waals surface area contributed by atoms with Crippen molar-refractivity contribution in [3.63, 3.8) is 0 Å². The summed E-state index contributed by atoms with van der Waals surface area (Å²) >= 11 is 0. The fourth-order valence-corrected chi connectivity index (χ4v) is 1.34. The van der Waals surface area contributed by atoms with Crippen molar-refractivity contribution in [3.8, 4) is 0 Å². The fourth-order valence-electron chi connectivity index (χ4n) is 1.34. The molecule has 0 unspecified atom stereocenters. The average molecular weight is 274 g/mol. The lowest BCUT2D eigenvalue weighted by atomic mass is 10.1. The van der Waals surface area contributed by atoms with E-state index in [1.54, 1.807) is 0 Å². The summed E-state index contributed by atoms with van der Waals surface area (Å²) in [5.74, 6) is -4.41. The number of carboxylic acids is 1. The maximum atomic E-state index is 12.9. The van der Waals surface area contributed by atoms with Gasteiger partial charge in [0.25, 0.3) is 5.92 Å². The lowest BCUT2D eigenvalue weighted by Crippen LogP contribution is -2.31. The second kappa shape index (κ2) is 5.92. The molecule has 0 saturated carbocycles. The first-order chi connectivity index (χ1) is 8.75. The number of aliphatic hydroxyl groups excluding tert-OH is 1. The Morgan fingerprint density at radius 3 is 2.58 bits per heavy atom. The Kier molecular flexibility index (Phi) is 4.77. The molecule has 5 nitrogen and oxygen atoms in total. The van der Waals surface area contributed by atoms with Crippen molar-refractivity contribution in [1.82, 2.24) is 4.98 Å². The normalized spacial score (nSPS) is 11.7. The van der Waals surface area contributed by atoms with Gasteiger partial charge in [-0.25, -0.2) is 18.6 Å². The first-order valence-corrected chi connectivity index (χ1v) is 5.73. The molecule has 19 heavy (non-hydrogen) atoms. The third kappa shape index (κ3) is 4.44. The summed E-state index contributed by atoms with van der Waals surface area (Å²) in [4.78, 5) is 15.0. The van der Waals surface area contributed by atoms with Crippen LogP contribution >= 0.6 is 0 Å². The SMILES string of the molecule is CC(C)c1cc(C(=O)O)cc(NCC(F)(F)CO)n1. The van der Waals surface area contributed by atoms with Crippen molar-refractivity contribution in [2.24, 2.45) is 0 Å². The van der Waals surface area contributed by atoms with Crippen LogP contribution in [0.3, 0.4) is 0 Å². The van der Waals surface area contributed by atoms with Crippen molar-refractivity contribution >= 4 is 11.8 Å². The van der Waals surface area contributed by atoms with E-state index in [1.807, 2.05) is 13.8 Å². The molecule has 1 heterocycles. The molecule has 0 atom stereocenters. The first kappa shape index (κ1) is 15.3. The van der Waals surface area contributed by atoms with Gasteiger partial charge in [0.05, 0.1) is 12.1 Å². The molecule has 0 spiro atoms. The molecule has 0 bridgehead atoms. The molecule has 1 aromatic rings. The summed E-state index contributed by atoms with van der Waals surface area (Å²) < 4.78 is 25.8. The lowest BCUT2D eigenvalue weighted by Gasteiger charge is -2.16. The zero-order chi connectivity index (χ0) is 14.6. The molecule has 7 heteroatoms. The van der Waals surface area contributed by atoms with Gasteiger partial charge in [-0.2, -0.15) is 0 Å². The van der Waals surface area contributed by atoms with Crippen LogP contribution in [0.5, 0.6) is 0 Å². The molecule has 0 fully saturated rings. The van der Waals surface area contributed by atoms with Gasteiger partial charge >= 0.3 is 5.97 Å². The van der Waals surface area contributed by atoms with Gasteiger partial charge < -0.3 is 15.5 Å². The summed E-state index contributed by atoms with van der Waals surface area (Å²) in [6.07, 6.45) is 0. The summed E-state index contributed by atoms with van der Waals surface area (Å²) in [5.41, 5.74) is 0.475. The van der Waals surface area contributed by atoms with Gasteiger partial charge in [0.1, 0.15) is 12.4 Å². The number of aliphatic hydroxyl groups is 1. The number of alkyl halides is 2. The minimum absolute atomic E-state index is 0.0199. The smallest absolute Gasteiger partial charge is 0.335 e. The number of hydrogen-bond acceptors (Lipinski definition) is 4. The quantitative estimate of drug-likeness (QED) is 0.738. The molecule has 1 aromatic heterocycles. The van der Waals surface area contributed by atoms with E-state index in [9.17, 15) is 13.6 Å². The number of carbonyl (C=O) groups is 1. The van der Waals surface area contributed by atoms with E-state index >= 15 is 0 Å². The second-order valence-corrected chi connectivity index (χ2v) is 4.49. The van der Waals surface area contributed by atoms with Crippen molar-refractivity contribution in [2.45, 2.75) is 25.7 Å². The minimum Gasteiger partial charge on any atom is -0.478 e. The Morgan fingerprint density at radius 1 is 1.47 bits per heavy atom. The van der Waals surface area contributed by atoms with Crippen LogP contribution in [0.15, 0.2) is 12.1 Å². The van der Waals surface area contributed by atoms with Gasteiger partial charge in [0, 0.05) is 5.69 Å². The number of aromatic carboxylic acids is 1. The predicted molar refractivity (Wildman–Crippen MR) is 65.8 cm³/mol. The lowest BCUT2D eigenvalue weighted by molar-refractivity contribution is -0.0373. The van der Waals surface area contributed by atoms with Crippen LogP contribution in [0.1, 0.15) is 35.8 Å². The van der Waals surface area contributed by atoms with Crippen LogP contribution < -0.4 is 5.32 Å². The van der Waals surface area contributed by atoms with E-state index < -0.39 is 25.0 Å². The van der Waals surface area contributed by atoms with Crippen molar-refractivity contribution in [2.75, 3.05) is 18.5 Å². The third-order valence-corrected chi connectivity index (χ3v) is 2.44. The number of nitrogens with one attached hydrogen (secondary N) is 1. The van der Waals surface area contributed by atoms with Gasteiger partial charge in [-0.1, -0.05) is 13.8 Å². The van der Waals surface area contributed by atoms with Crippen LogP contribution in [0.2, 0.25) is 0 Å². The van der Waals surface area contributed by atoms with Crippen LogP contribution in [0.4, 0.5) is 14.6 Å². The molecule has 0 saturated heterocycles. The molecular formula is C12H16F2N2O3. The predicted octanol–water partition coefficient (Wildman–Crippen LogP) is 1.94. The molecule has 0 aliphatic heterocycles. The number of hydrogen-bond donors (Lipinski definition) is 3. The zero-order valence-electron chi connectivity index (χ0n) is 10.7. The van der Waals surface area contributed by atoms with Crippen LogP contribution in [-0.2, 0) is 0 Å². The van der Waals surface area contributed by atoms with E-state index in [0.717, 1.165) is 0 Å². The standard InChI is InChI=1S/C12H16F2N2O3/c1-7(2)9-3-8(11(18)19)4-10(16-9)15-5-12(13,14)6-17/h3-4,7,17H,5-6H2,1-2H3,(H,15,16)(H,18,19). The van der Waals surface area contributed by atoms with Crippen LogP contribution in [0, 0.1) is 0 Å². The van der Waals surface area contributed by atoms with Gasteiger partial charge in [-0.3, -0.25) is 0 Å². The number of aromatic nitrogens is 1. The maximum absolute atomic E-state index is 12.9. The van der Waals surface area contributed by atoms with Crippen LogP contribution in [-0.4, -0.2) is 40.2 Å². The number of anilines is 1. The topological polar surface area (TPSA) is 82.5 Å². The van der Waals surface area contributed by atoms with E-state index in [-0.39, 0.29) is 17.3 Å². The van der Waals surface area contributed by atoms with Gasteiger partial charge in [-0.05, 0) is 18.1 Å². The van der Waals surface area contributed by atoms with Gasteiger partial charge in [0.2, 0.25) is 0 Å². The largest absolute Gasteiger partial charge is 0.478 e.